The first kappa shape index (κ1) is 35.8. The van der Waals surface area contributed by atoms with Crippen molar-refractivity contribution in [2.75, 3.05) is 47.0 Å². The van der Waals surface area contributed by atoms with Crippen molar-refractivity contribution < 1.29 is 48.0 Å². The van der Waals surface area contributed by atoms with Crippen molar-refractivity contribution in [2.45, 2.75) is 45.8 Å². The first-order chi connectivity index (χ1) is 21.7. The molecule has 0 unspecified atom stereocenters. The van der Waals surface area contributed by atoms with Crippen LogP contribution in [0.15, 0.2) is 55.1 Å². The Morgan fingerprint density at radius 3 is 2.52 bits per heavy atom. The van der Waals surface area contributed by atoms with Crippen LogP contribution in [0.4, 0.5) is 0 Å². The highest BCUT2D eigenvalue weighted by Crippen LogP contribution is 2.30. The number of carboxylic acid groups (broad SMARTS) is 1. The van der Waals surface area contributed by atoms with Gasteiger partial charge in [-0.05, 0) is 75.5 Å². The Hall–Kier alpha value is -4.71. The number of piperazine rings is 1. The summed E-state index contributed by atoms with van der Waals surface area (Å²) >= 11 is 0. The van der Waals surface area contributed by atoms with Gasteiger partial charge in [0.25, 0.3) is 5.91 Å². The summed E-state index contributed by atoms with van der Waals surface area (Å²) in [5.41, 5.74) is 1.14. The van der Waals surface area contributed by atoms with Crippen LogP contribution in [-0.2, 0) is 39.9 Å². The van der Waals surface area contributed by atoms with Gasteiger partial charge in [0.15, 0.2) is 6.61 Å². The smallest absolute Gasteiger partial charge is 0.341 e. The van der Waals surface area contributed by atoms with E-state index in [9.17, 15) is 24.0 Å². The van der Waals surface area contributed by atoms with Crippen LogP contribution in [0, 0.1) is 12.3 Å². The second kappa shape index (κ2) is 16.0. The number of amides is 1. The highest BCUT2D eigenvalue weighted by molar-refractivity contribution is 6.38. The van der Waals surface area contributed by atoms with Crippen molar-refractivity contribution in [3.05, 3.63) is 71.8 Å². The molecule has 0 aromatic heterocycles. The van der Waals surface area contributed by atoms with Crippen LogP contribution in [0.5, 0.6) is 11.5 Å². The number of hydrogen-bond donors (Lipinski definition) is 1. The molecule has 3 rings (SSSR count). The third-order valence-electron chi connectivity index (χ3n) is 7.69. The molecule has 1 N–H and O–H groups in total. The lowest BCUT2D eigenvalue weighted by Gasteiger charge is -2.39. The molecule has 248 valence electrons. The summed E-state index contributed by atoms with van der Waals surface area (Å²) in [7, 11) is 3.39. The molecule has 1 heterocycles. The normalized spacial score (nSPS) is 15.8. The number of esters is 2. The summed E-state index contributed by atoms with van der Waals surface area (Å²) in [6.45, 7) is 8.03. The van der Waals surface area contributed by atoms with Gasteiger partial charge < -0.3 is 33.9 Å². The molecule has 2 aromatic carbocycles. The second-order valence-electron chi connectivity index (χ2n) is 11.8. The van der Waals surface area contributed by atoms with Crippen molar-refractivity contribution in [3.63, 3.8) is 0 Å². The number of carbonyl (C=O) groups excluding carboxylic acids is 4. The summed E-state index contributed by atoms with van der Waals surface area (Å²) in [5.74, 6) is -3.22. The number of carbonyl (C=O) groups is 5. The van der Waals surface area contributed by atoms with E-state index >= 15 is 0 Å². The molecule has 0 spiro atoms. The van der Waals surface area contributed by atoms with E-state index in [1.54, 1.807) is 38.4 Å². The molecule has 12 heteroatoms. The maximum atomic E-state index is 13.9. The number of likely N-dealkylation sites (N-methyl/N-ethyl adjacent to an activating group) is 1. The van der Waals surface area contributed by atoms with E-state index in [0.717, 1.165) is 23.0 Å². The van der Waals surface area contributed by atoms with Gasteiger partial charge in [-0.1, -0.05) is 30.8 Å². The molecule has 2 aromatic rings. The molecule has 2 atom stereocenters. The van der Waals surface area contributed by atoms with Crippen LogP contribution < -0.4 is 9.47 Å². The molecule has 0 bridgehead atoms. The Labute approximate surface area is 268 Å². The molecule has 0 radical (unpaired) electrons. The quantitative estimate of drug-likeness (QED) is 0.174. The molecule has 12 nitrogen and oxygen atoms in total. The molecule has 1 amide bonds. The van der Waals surface area contributed by atoms with E-state index in [0.29, 0.717) is 24.9 Å². The summed E-state index contributed by atoms with van der Waals surface area (Å²) in [6.07, 6.45) is 1.01. The first-order valence-corrected chi connectivity index (χ1v) is 14.9. The molecular weight excluding hydrogens is 596 g/mol. The molecule has 0 saturated carbocycles. The molecule has 1 aliphatic heterocycles. The fourth-order valence-electron chi connectivity index (χ4n) is 4.94. The van der Waals surface area contributed by atoms with Crippen LogP contribution in [0.3, 0.4) is 0 Å². The zero-order chi connectivity index (χ0) is 34.0. The number of hydrogen-bond acceptors (Lipinski definition) is 10. The Morgan fingerprint density at radius 1 is 1.11 bits per heavy atom. The van der Waals surface area contributed by atoms with E-state index in [4.69, 9.17) is 24.1 Å². The highest BCUT2D eigenvalue weighted by atomic mass is 16.5. The van der Waals surface area contributed by atoms with Crippen LogP contribution >= 0.6 is 0 Å². The SMILES string of the molecule is C=CC(=O)OCC(C)(C)C(=O)C(=O)N1CCN(C)C[C@H]1C(=O)O[C@H](CCc1ccc(C)c(OC)c1)c1cccc(OCC(=O)O)c1. The highest BCUT2D eigenvalue weighted by Gasteiger charge is 2.43. The molecule has 1 saturated heterocycles. The monoisotopic (exact) mass is 638 g/mol. The largest absolute Gasteiger partial charge is 0.496 e. The Kier molecular flexibility index (Phi) is 12.5. The number of rotatable bonds is 15. The van der Waals surface area contributed by atoms with Gasteiger partial charge in [-0.25, -0.2) is 14.4 Å². The van der Waals surface area contributed by atoms with Crippen molar-refractivity contribution in [1.29, 1.82) is 0 Å². The van der Waals surface area contributed by atoms with Crippen molar-refractivity contribution in [2.24, 2.45) is 5.41 Å². The Morgan fingerprint density at radius 2 is 1.85 bits per heavy atom. The number of methoxy groups -OCH3 is 1. The van der Waals surface area contributed by atoms with Crippen molar-refractivity contribution in [3.8, 4) is 11.5 Å². The van der Waals surface area contributed by atoms with E-state index in [1.807, 2.05) is 30.0 Å². The van der Waals surface area contributed by atoms with E-state index in [1.165, 1.54) is 18.7 Å². The lowest BCUT2D eigenvalue weighted by Crippen LogP contribution is -2.60. The van der Waals surface area contributed by atoms with Gasteiger partial charge in [0.1, 0.15) is 30.3 Å². The minimum absolute atomic E-state index is 0.107. The van der Waals surface area contributed by atoms with Crippen LogP contribution in [0.1, 0.15) is 43.1 Å². The Balaban J connectivity index is 1.87. The number of aliphatic carboxylic acids is 1. The van der Waals surface area contributed by atoms with Gasteiger partial charge in [-0.15, -0.1) is 0 Å². The van der Waals surface area contributed by atoms with E-state index in [-0.39, 0.29) is 25.4 Å². The number of Topliss-reactive ketones (excluding diaryl/α,β-unsaturated/α-hetero) is 1. The lowest BCUT2D eigenvalue weighted by atomic mass is 9.87. The van der Waals surface area contributed by atoms with Crippen molar-refractivity contribution in [1.82, 2.24) is 9.80 Å². The van der Waals surface area contributed by atoms with Gasteiger partial charge in [0.05, 0.1) is 12.5 Å². The maximum absolute atomic E-state index is 13.9. The summed E-state index contributed by atoms with van der Waals surface area (Å²) in [6, 6.07) is 11.4. The van der Waals surface area contributed by atoms with Crippen LogP contribution in [0.2, 0.25) is 0 Å². The van der Waals surface area contributed by atoms with Gasteiger partial charge in [-0.2, -0.15) is 0 Å². The molecule has 1 aliphatic rings. The predicted octanol–water partition coefficient (Wildman–Crippen LogP) is 3.15. The predicted molar refractivity (Wildman–Crippen MR) is 167 cm³/mol. The number of aryl methyl sites for hydroxylation is 2. The lowest BCUT2D eigenvalue weighted by molar-refractivity contribution is -0.166. The molecular formula is C34H42N2O10. The van der Waals surface area contributed by atoms with Gasteiger partial charge in [-0.3, -0.25) is 9.59 Å². The second-order valence-corrected chi connectivity index (χ2v) is 11.8. The third-order valence-corrected chi connectivity index (χ3v) is 7.69. The standard InChI is InChI=1S/C34H42N2O10/c1-7-30(39)45-21-34(3,4)31(40)32(41)36-16-15-35(5)19-26(36)33(42)46-27(14-13-23-12-11-22(2)28(17-23)43-6)24-9-8-10-25(18-24)44-20-29(37)38/h7-12,17-18,26-27H,1,13-16,19-21H2,2-6H3,(H,37,38)/t26-,27+/m0/s1. The summed E-state index contributed by atoms with van der Waals surface area (Å²) in [4.78, 5) is 66.4. The Bertz CT molecular complexity index is 1450. The average Bonchev–Trinajstić information content (AvgIpc) is 3.04. The fraction of sp³-hybridized carbons (Fsp3) is 0.441. The number of benzene rings is 2. The van der Waals surface area contributed by atoms with E-state index < -0.39 is 53.8 Å². The summed E-state index contributed by atoms with van der Waals surface area (Å²) < 4.78 is 21.9. The van der Waals surface area contributed by atoms with Gasteiger partial charge in [0, 0.05) is 25.7 Å². The zero-order valence-corrected chi connectivity index (χ0v) is 26.9. The minimum Gasteiger partial charge on any atom is -0.496 e. The van der Waals surface area contributed by atoms with Crippen LogP contribution in [0.25, 0.3) is 0 Å². The topological polar surface area (TPSA) is 149 Å². The molecule has 0 aliphatic carbocycles. The fourth-order valence-corrected chi connectivity index (χ4v) is 4.94. The minimum atomic E-state index is -1.35. The zero-order valence-electron chi connectivity index (χ0n) is 26.9. The molecule has 46 heavy (non-hydrogen) atoms. The molecule has 1 fully saturated rings. The third kappa shape index (κ3) is 9.64. The van der Waals surface area contributed by atoms with Gasteiger partial charge in [0.2, 0.25) is 5.78 Å². The number of carboxylic acids is 1. The maximum Gasteiger partial charge on any atom is 0.341 e. The first-order valence-electron chi connectivity index (χ1n) is 14.9. The van der Waals surface area contributed by atoms with Gasteiger partial charge >= 0.3 is 17.9 Å². The number of ether oxygens (including phenoxy) is 4. The number of ketones is 1. The van der Waals surface area contributed by atoms with Crippen LogP contribution in [-0.4, -0.2) is 97.6 Å². The average molecular weight is 639 g/mol. The summed E-state index contributed by atoms with van der Waals surface area (Å²) in [5, 5.41) is 9.04. The van der Waals surface area contributed by atoms with Crippen molar-refractivity contribution >= 4 is 29.6 Å². The van der Waals surface area contributed by atoms with E-state index in [2.05, 4.69) is 6.58 Å². The number of nitrogens with zero attached hydrogens (tertiary/aromatic N) is 2.